The van der Waals surface area contributed by atoms with Crippen LogP contribution >= 0.6 is 11.6 Å². The summed E-state index contributed by atoms with van der Waals surface area (Å²) in [5.41, 5.74) is 2.77. The smallest absolute Gasteiger partial charge is 0.150 e. The highest BCUT2D eigenvalue weighted by Crippen LogP contribution is 2.25. The number of para-hydroxylation sites is 2. The molecule has 3 aromatic rings. The van der Waals surface area contributed by atoms with E-state index in [1.165, 1.54) is 0 Å². The van der Waals surface area contributed by atoms with Crippen LogP contribution in [0.4, 0.5) is 0 Å². The van der Waals surface area contributed by atoms with Crippen LogP contribution in [0.15, 0.2) is 48.5 Å². The van der Waals surface area contributed by atoms with Crippen LogP contribution < -0.4 is 0 Å². The van der Waals surface area contributed by atoms with E-state index in [1.54, 1.807) is 0 Å². The van der Waals surface area contributed by atoms with Crippen LogP contribution in [0, 0.1) is 5.92 Å². The summed E-state index contributed by atoms with van der Waals surface area (Å²) >= 11 is 5.89. The number of rotatable bonds is 8. The fraction of sp³-hybridized carbons (Fsp3) is 0.409. The Balaban J connectivity index is 1.43. The second-order valence-corrected chi connectivity index (χ2v) is 10.6. The van der Waals surface area contributed by atoms with Gasteiger partial charge in [-0.2, -0.15) is 0 Å². The molecule has 0 bridgehead atoms. The molecule has 1 aliphatic heterocycles. The number of halogens is 1. The molecule has 30 heavy (non-hydrogen) atoms. The Kier molecular flexibility index (Phi) is 6.43. The topological polar surface area (TPSA) is 81.4 Å². The Hall–Kier alpha value is -1.93. The van der Waals surface area contributed by atoms with Crippen molar-refractivity contribution in [2.24, 2.45) is 5.92 Å². The molecule has 0 aliphatic carbocycles. The zero-order valence-corrected chi connectivity index (χ0v) is 18.1. The minimum Gasteiger partial charge on any atom is -0.389 e. The summed E-state index contributed by atoms with van der Waals surface area (Å²) in [4.78, 5) is 4.72. The van der Waals surface area contributed by atoms with Crippen molar-refractivity contribution in [1.82, 2.24) is 9.55 Å². The normalized spacial score (nSPS) is 19.3. The molecule has 0 amide bonds. The zero-order chi connectivity index (χ0) is 21.1. The number of sulfone groups is 1. The molecule has 1 fully saturated rings. The second kappa shape index (κ2) is 9.06. The molecule has 160 valence electrons. The number of benzene rings is 2. The van der Waals surface area contributed by atoms with Crippen molar-refractivity contribution in [3.63, 3.8) is 0 Å². The molecular formula is C22H25ClN2O4S. The third kappa shape index (κ3) is 5.21. The van der Waals surface area contributed by atoms with E-state index < -0.39 is 15.9 Å². The van der Waals surface area contributed by atoms with Gasteiger partial charge in [-0.1, -0.05) is 35.9 Å². The predicted octanol–water partition coefficient (Wildman–Crippen LogP) is 3.24. The van der Waals surface area contributed by atoms with Gasteiger partial charge in [-0.25, -0.2) is 13.4 Å². The summed E-state index contributed by atoms with van der Waals surface area (Å²) in [6.45, 7) is 0.925. The van der Waals surface area contributed by atoms with E-state index in [1.807, 2.05) is 53.1 Å². The molecule has 4 rings (SSSR count). The van der Waals surface area contributed by atoms with Gasteiger partial charge in [0, 0.05) is 11.4 Å². The van der Waals surface area contributed by atoms with Gasteiger partial charge in [0.1, 0.15) is 5.82 Å². The third-order valence-corrected chi connectivity index (χ3v) is 7.51. The maximum Gasteiger partial charge on any atom is 0.150 e. The first-order chi connectivity index (χ1) is 14.4. The van der Waals surface area contributed by atoms with Gasteiger partial charge in [0.2, 0.25) is 0 Å². The minimum absolute atomic E-state index is 0.0730. The number of hydrogen-bond acceptors (Lipinski definition) is 5. The zero-order valence-electron chi connectivity index (χ0n) is 16.6. The first kappa shape index (κ1) is 21.3. The van der Waals surface area contributed by atoms with Gasteiger partial charge in [-0.15, -0.1) is 0 Å². The molecule has 0 radical (unpaired) electrons. The Morgan fingerprint density at radius 3 is 2.70 bits per heavy atom. The Labute approximate surface area is 181 Å². The van der Waals surface area contributed by atoms with Gasteiger partial charge in [-0.3, -0.25) is 0 Å². The van der Waals surface area contributed by atoms with Crippen LogP contribution in [0.2, 0.25) is 5.02 Å². The Morgan fingerprint density at radius 2 is 1.97 bits per heavy atom. The van der Waals surface area contributed by atoms with Crippen molar-refractivity contribution in [3.8, 4) is 0 Å². The monoisotopic (exact) mass is 448 g/mol. The number of aliphatic hydroxyl groups excluding tert-OH is 1. The van der Waals surface area contributed by atoms with Crippen LogP contribution in [-0.4, -0.2) is 47.3 Å². The number of nitrogens with zero attached hydrogens (tertiary/aromatic N) is 2. The van der Waals surface area contributed by atoms with Crippen molar-refractivity contribution in [1.29, 1.82) is 0 Å². The van der Waals surface area contributed by atoms with E-state index in [-0.39, 0.29) is 24.0 Å². The molecule has 8 heteroatoms. The molecule has 2 heterocycles. The summed E-state index contributed by atoms with van der Waals surface area (Å²) in [7, 11) is -2.94. The molecule has 0 saturated carbocycles. The summed E-state index contributed by atoms with van der Waals surface area (Å²) in [6, 6.07) is 15.2. The lowest BCUT2D eigenvalue weighted by molar-refractivity contribution is 0.0205. The molecule has 0 unspecified atom stereocenters. The summed E-state index contributed by atoms with van der Waals surface area (Å²) in [6.07, 6.45) is 0.547. The van der Waals surface area contributed by atoms with E-state index in [0.29, 0.717) is 31.0 Å². The molecule has 0 spiro atoms. The van der Waals surface area contributed by atoms with Gasteiger partial charge in [-0.05, 0) is 42.2 Å². The van der Waals surface area contributed by atoms with Gasteiger partial charge in [0.05, 0.1) is 48.4 Å². The lowest BCUT2D eigenvalue weighted by Crippen LogP contribution is -2.24. The molecule has 1 aromatic heterocycles. The molecular weight excluding hydrogens is 424 g/mol. The number of fused-ring (bicyclic) bond motifs is 1. The summed E-state index contributed by atoms with van der Waals surface area (Å²) in [5.74, 6) is 1.35. The average Bonchev–Trinajstić information content (AvgIpc) is 3.23. The summed E-state index contributed by atoms with van der Waals surface area (Å²) in [5, 5.41) is 11.3. The third-order valence-electron chi connectivity index (χ3n) is 5.42. The highest BCUT2D eigenvalue weighted by Gasteiger charge is 2.29. The molecule has 2 aromatic carbocycles. The largest absolute Gasteiger partial charge is 0.389 e. The van der Waals surface area contributed by atoms with Gasteiger partial charge >= 0.3 is 0 Å². The SMILES string of the molecule is O=S1(=O)CC[C@H](Cc2nc3ccccc3n2C[C@@H](O)COCc2ccc(Cl)cc2)C1. The highest BCUT2D eigenvalue weighted by atomic mass is 35.5. The number of aliphatic hydroxyl groups is 1. The number of aromatic nitrogens is 2. The number of imidazole rings is 1. The maximum absolute atomic E-state index is 11.8. The fourth-order valence-electron chi connectivity index (χ4n) is 3.93. The highest BCUT2D eigenvalue weighted by molar-refractivity contribution is 7.91. The van der Waals surface area contributed by atoms with Crippen molar-refractivity contribution in [2.45, 2.75) is 32.1 Å². The van der Waals surface area contributed by atoms with Crippen molar-refractivity contribution < 1.29 is 18.3 Å². The molecule has 1 N–H and O–H groups in total. The number of hydrogen-bond donors (Lipinski definition) is 1. The van der Waals surface area contributed by atoms with Crippen LogP contribution in [0.5, 0.6) is 0 Å². The van der Waals surface area contributed by atoms with E-state index in [4.69, 9.17) is 21.3 Å². The van der Waals surface area contributed by atoms with E-state index in [9.17, 15) is 13.5 Å². The Morgan fingerprint density at radius 1 is 1.20 bits per heavy atom. The van der Waals surface area contributed by atoms with Crippen LogP contribution in [0.1, 0.15) is 17.8 Å². The van der Waals surface area contributed by atoms with Crippen molar-refractivity contribution >= 4 is 32.5 Å². The Bertz CT molecular complexity index is 1110. The fourth-order valence-corrected chi connectivity index (χ4v) is 5.92. The molecule has 6 nitrogen and oxygen atoms in total. The predicted molar refractivity (Wildman–Crippen MR) is 117 cm³/mol. The van der Waals surface area contributed by atoms with E-state index >= 15 is 0 Å². The van der Waals surface area contributed by atoms with E-state index in [0.717, 1.165) is 22.4 Å². The molecule has 1 saturated heterocycles. The lowest BCUT2D eigenvalue weighted by Gasteiger charge is -2.16. The maximum atomic E-state index is 11.8. The first-order valence-corrected chi connectivity index (χ1v) is 12.2. The standard InChI is InChI=1S/C22H25ClN2O4S/c23-18-7-5-16(6-8-18)13-29-14-19(26)12-25-21-4-2-1-3-20(21)24-22(25)11-17-9-10-30(27,28)15-17/h1-8,17,19,26H,9-15H2/t17-,19-/m1/s1. The second-order valence-electron chi connectivity index (χ2n) is 7.90. The van der Waals surface area contributed by atoms with Crippen LogP contribution in [0.25, 0.3) is 11.0 Å². The van der Waals surface area contributed by atoms with Crippen LogP contribution in [0.3, 0.4) is 0 Å². The van der Waals surface area contributed by atoms with Gasteiger partial charge < -0.3 is 14.4 Å². The van der Waals surface area contributed by atoms with Crippen LogP contribution in [-0.2, 0) is 34.1 Å². The lowest BCUT2D eigenvalue weighted by atomic mass is 10.1. The molecule has 2 atom stereocenters. The van der Waals surface area contributed by atoms with Gasteiger partial charge in [0.15, 0.2) is 9.84 Å². The van der Waals surface area contributed by atoms with Crippen molar-refractivity contribution in [2.75, 3.05) is 18.1 Å². The quantitative estimate of drug-likeness (QED) is 0.572. The summed E-state index contributed by atoms with van der Waals surface area (Å²) < 4.78 is 31.3. The average molecular weight is 449 g/mol. The number of ether oxygens (including phenoxy) is 1. The first-order valence-electron chi connectivity index (χ1n) is 10.0. The molecule has 1 aliphatic rings. The van der Waals surface area contributed by atoms with Crippen molar-refractivity contribution in [3.05, 3.63) is 64.9 Å². The minimum atomic E-state index is -2.94. The van der Waals surface area contributed by atoms with E-state index in [2.05, 4.69) is 0 Å². The van der Waals surface area contributed by atoms with Gasteiger partial charge in [0.25, 0.3) is 0 Å².